The average molecular weight is 481 g/mol. The summed E-state index contributed by atoms with van der Waals surface area (Å²) in [7, 11) is 0. The zero-order chi connectivity index (χ0) is 25.7. The Kier molecular flexibility index (Phi) is 7.19. The van der Waals surface area contributed by atoms with Crippen LogP contribution in [-0.2, 0) is 23.9 Å². The second kappa shape index (κ2) is 9.08. The molecule has 0 saturated carbocycles. The van der Waals surface area contributed by atoms with Crippen LogP contribution in [0.4, 0.5) is 0 Å². The van der Waals surface area contributed by atoms with Crippen LogP contribution in [0.2, 0.25) is 0 Å². The highest BCUT2D eigenvalue weighted by Crippen LogP contribution is 2.64. The van der Waals surface area contributed by atoms with E-state index in [1.807, 2.05) is 27.7 Å². The van der Waals surface area contributed by atoms with E-state index < -0.39 is 46.6 Å². The molecular weight excluding hydrogens is 436 g/mol. The Hall–Kier alpha value is -1.67. The summed E-state index contributed by atoms with van der Waals surface area (Å²) in [6, 6.07) is -1.44. The lowest BCUT2D eigenvalue weighted by molar-refractivity contribution is -0.162. The van der Waals surface area contributed by atoms with Crippen molar-refractivity contribution >= 4 is 17.8 Å². The Labute approximate surface area is 204 Å². The minimum absolute atomic E-state index is 0.0105. The summed E-state index contributed by atoms with van der Waals surface area (Å²) in [5.74, 6) is -2.55. The average Bonchev–Trinajstić information content (AvgIpc) is 3.31. The number of ether oxygens (including phenoxy) is 2. The highest BCUT2D eigenvalue weighted by molar-refractivity contribution is 5.99. The van der Waals surface area contributed by atoms with E-state index in [-0.39, 0.29) is 30.4 Å². The number of likely N-dealkylation sites (tertiary alicyclic amines) is 1. The Morgan fingerprint density at radius 2 is 1.85 bits per heavy atom. The number of esters is 1. The van der Waals surface area contributed by atoms with Gasteiger partial charge >= 0.3 is 5.97 Å². The first kappa shape index (κ1) is 26.9. The predicted molar refractivity (Wildman–Crippen MR) is 128 cm³/mol. The van der Waals surface area contributed by atoms with E-state index in [0.717, 1.165) is 6.42 Å². The number of carbonyl (C=O) groups excluding carboxylic acids is 3. The predicted octanol–water partition coefficient (Wildman–Crippen LogP) is 2.81. The van der Waals surface area contributed by atoms with Crippen LogP contribution in [0.15, 0.2) is 0 Å². The Morgan fingerprint density at radius 1 is 1.21 bits per heavy atom. The molecule has 0 aliphatic carbocycles. The van der Waals surface area contributed by atoms with Crippen LogP contribution in [0, 0.1) is 17.3 Å². The van der Waals surface area contributed by atoms with Crippen LogP contribution in [0.5, 0.6) is 0 Å². The number of nitrogens with zero attached hydrogens (tertiary/aromatic N) is 1. The molecule has 3 rings (SSSR count). The van der Waals surface area contributed by atoms with Crippen molar-refractivity contribution in [2.24, 2.45) is 17.3 Å². The molecule has 2 N–H and O–H groups in total. The number of carbonyl (C=O) groups is 3. The fourth-order valence-electron chi connectivity index (χ4n) is 7.13. The number of rotatable bonds is 9. The highest BCUT2D eigenvalue weighted by atomic mass is 16.6. The lowest BCUT2D eigenvalue weighted by atomic mass is 9.65. The maximum Gasteiger partial charge on any atom is 0.312 e. The Balaban J connectivity index is 2.07. The number of aliphatic hydroxyl groups is 1. The van der Waals surface area contributed by atoms with Gasteiger partial charge in [0.2, 0.25) is 11.8 Å². The normalized spacial score (nSPS) is 33.7. The fourth-order valence-corrected chi connectivity index (χ4v) is 7.13. The van der Waals surface area contributed by atoms with Crippen molar-refractivity contribution in [3.63, 3.8) is 0 Å². The Morgan fingerprint density at radius 3 is 2.35 bits per heavy atom. The van der Waals surface area contributed by atoms with E-state index in [4.69, 9.17) is 9.47 Å². The van der Waals surface area contributed by atoms with Crippen LogP contribution in [0.3, 0.4) is 0 Å². The molecule has 3 aliphatic rings. The molecule has 0 radical (unpaired) electrons. The molecule has 3 heterocycles. The topological polar surface area (TPSA) is 105 Å². The van der Waals surface area contributed by atoms with Gasteiger partial charge in [-0.05, 0) is 58.3 Å². The van der Waals surface area contributed by atoms with E-state index >= 15 is 0 Å². The van der Waals surface area contributed by atoms with Gasteiger partial charge < -0.3 is 24.8 Å². The molecule has 2 unspecified atom stereocenters. The number of amides is 2. The number of nitrogens with one attached hydrogen (secondary N) is 1. The molecule has 2 amide bonds. The summed E-state index contributed by atoms with van der Waals surface area (Å²) in [5.41, 5.74) is -2.43. The van der Waals surface area contributed by atoms with E-state index in [9.17, 15) is 19.5 Å². The molecule has 1 spiro atoms. The van der Waals surface area contributed by atoms with Crippen LogP contribution in [0.1, 0.15) is 87.5 Å². The van der Waals surface area contributed by atoms with Gasteiger partial charge in [-0.2, -0.15) is 0 Å². The van der Waals surface area contributed by atoms with Crippen molar-refractivity contribution in [3.8, 4) is 0 Å². The molecule has 3 fully saturated rings. The first-order valence-electron chi connectivity index (χ1n) is 12.8. The number of fused-ring (bicyclic) bond motifs is 1. The molecule has 3 saturated heterocycles. The summed E-state index contributed by atoms with van der Waals surface area (Å²) in [6.45, 7) is 15.9. The van der Waals surface area contributed by atoms with Crippen LogP contribution in [0.25, 0.3) is 0 Å². The molecule has 8 heteroatoms. The van der Waals surface area contributed by atoms with Crippen LogP contribution >= 0.6 is 0 Å². The third-order valence-corrected chi connectivity index (χ3v) is 7.92. The highest BCUT2D eigenvalue weighted by Gasteiger charge is 2.79. The van der Waals surface area contributed by atoms with Gasteiger partial charge in [-0.3, -0.25) is 14.4 Å². The van der Waals surface area contributed by atoms with Crippen molar-refractivity contribution in [3.05, 3.63) is 0 Å². The number of hydrogen-bond donors (Lipinski definition) is 2. The molecule has 8 nitrogen and oxygen atoms in total. The lowest BCUT2D eigenvalue weighted by Gasteiger charge is -2.40. The van der Waals surface area contributed by atoms with Crippen LogP contribution < -0.4 is 5.32 Å². The molecule has 2 bridgehead atoms. The zero-order valence-corrected chi connectivity index (χ0v) is 22.2. The van der Waals surface area contributed by atoms with E-state index in [2.05, 4.69) is 26.1 Å². The molecule has 34 heavy (non-hydrogen) atoms. The van der Waals surface area contributed by atoms with Crippen molar-refractivity contribution in [1.82, 2.24) is 10.2 Å². The van der Waals surface area contributed by atoms with E-state index in [1.54, 1.807) is 6.92 Å². The zero-order valence-electron chi connectivity index (χ0n) is 22.2. The monoisotopic (exact) mass is 480 g/mol. The molecule has 194 valence electrons. The van der Waals surface area contributed by atoms with Gasteiger partial charge in [-0.1, -0.05) is 34.6 Å². The summed E-state index contributed by atoms with van der Waals surface area (Å²) >= 11 is 0. The molecular formula is C26H44N2O6. The van der Waals surface area contributed by atoms with Gasteiger partial charge in [-0.25, -0.2) is 0 Å². The summed E-state index contributed by atoms with van der Waals surface area (Å²) in [4.78, 5) is 42.6. The second-order valence-corrected chi connectivity index (χ2v) is 12.2. The maximum atomic E-state index is 14.0. The maximum absolute atomic E-state index is 14.0. The van der Waals surface area contributed by atoms with E-state index in [1.165, 1.54) is 4.90 Å². The van der Waals surface area contributed by atoms with Gasteiger partial charge in [0.1, 0.15) is 17.6 Å². The van der Waals surface area contributed by atoms with Gasteiger partial charge in [0.25, 0.3) is 0 Å². The van der Waals surface area contributed by atoms with Gasteiger partial charge in [0.15, 0.2) is 0 Å². The van der Waals surface area contributed by atoms with Crippen molar-refractivity contribution in [2.45, 2.75) is 116 Å². The molecule has 0 aromatic heterocycles. The quantitative estimate of drug-likeness (QED) is 0.492. The van der Waals surface area contributed by atoms with E-state index in [0.29, 0.717) is 25.7 Å². The van der Waals surface area contributed by atoms with Crippen molar-refractivity contribution in [2.75, 3.05) is 13.2 Å². The first-order valence-corrected chi connectivity index (χ1v) is 12.8. The summed E-state index contributed by atoms with van der Waals surface area (Å²) in [5, 5.41) is 13.3. The molecule has 3 aliphatic heterocycles. The summed E-state index contributed by atoms with van der Waals surface area (Å²) in [6.07, 6.45) is 2.90. The van der Waals surface area contributed by atoms with Gasteiger partial charge in [-0.15, -0.1) is 0 Å². The minimum atomic E-state index is -1.10. The fraction of sp³-hybridized carbons (Fsp3) is 0.885. The minimum Gasteiger partial charge on any atom is -0.466 e. The second-order valence-electron chi connectivity index (χ2n) is 12.2. The van der Waals surface area contributed by atoms with Crippen LogP contribution in [-0.4, -0.2) is 69.8 Å². The molecule has 0 aromatic rings. The Bertz CT molecular complexity index is 817. The molecule has 6 atom stereocenters. The van der Waals surface area contributed by atoms with Gasteiger partial charge in [0, 0.05) is 5.54 Å². The number of hydrogen-bond acceptors (Lipinski definition) is 6. The third kappa shape index (κ3) is 4.25. The van der Waals surface area contributed by atoms with Crippen molar-refractivity contribution in [1.29, 1.82) is 0 Å². The SMILES string of the molecule is CCOC(=O)[C@@H]1[C@H]2C(=O)N([C@@H](CC)CO)C(C(=O)NC(C)(C)CC(C)(C)C)C23CC[C@@]1(CC)O3. The van der Waals surface area contributed by atoms with Gasteiger partial charge in [0.05, 0.1) is 30.8 Å². The molecule has 0 aromatic carbocycles. The smallest absolute Gasteiger partial charge is 0.312 e. The lowest BCUT2D eigenvalue weighted by Crippen LogP contribution is -2.61. The van der Waals surface area contributed by atoms with Crippen molar-refractivity contribution < 1.29 is 29.0 Å². The third-order valence-electron chi connectivity index (χ3n) is 7.92. The largest absolute Gasteiger partial charge is 0.466 e. The number of aliphatic hydroxyl groups excluding tert-OH is 1. The standard InChI is InChI=1S/C26H44N2O6/c1-9-16(14-29)28-19(20(30)27-24(7,8)15-23(4,5)6)26-13-12-25(10-2,34-26)18(17(26)21(28)31)22(32)33-11-3/h16-19,29H,9-15H2,1-8H3,(H,27,30)/t16-,17-,18-,19?,25+,26?/m0/s1. The first-order chi connectivity index (χ1) is 15.7. The summed E-state index contributed by atoms with van der Waals surface area (Å²) < 4.78 is 12.1.